The zero-order chi connectivity index (χ0) is 17.1. The van der Waals surface area contributed by atoms with Crippen LogP contribution in [-0.2, 0) is 20.8 Å². The highest BCUT2D eigenvalue weighted by atomic mass is 16.5. The maximum atomic E-state index is 13.0. The van der Waals surface area contributed by atoms with Crippen LogP contribution in [0.2, 0.25) is 0 Å². The molecule has 3 aliphatic rings. The number of ether oxygens (including phenoxy) is 3. The zero-order valence-electron chi connectivity index (χ0n) is 14.6. The van der Waals surface area contributed by atoms with Gasteiger partial charge < -0.3 is 19.1 Å². The Morgan fingerprint density at radius 1 is 1.04 bits per heavy atom. The van der Waals surface area contributed by atoms with Crippen LogP contribution in [0, 0.1) is 0 Å². The maximum absolute atomic E-state index is 13.0. The summed E-state index contributed by atoms with van der Waals surface area (Å²) in [7, 11) is 0. The Labute approximate surface area is 148 Å². The molecule has 136 valence electrons. The molecular weight excluding hydrogens is 320 g/mol. The van der Waals surface area contributed by atoms with Gasteiger partial charge in [0, 0.05) is 38.0 Å². The van der Waals surface area contributed by atoms with Crippen LogP contribution < -0.4 is 4.74 Å². The quantitative estimate of drug-likeness (QED) is 0.808. The topological polar surface area (TPSA) is 51.2 Å². The minimum Gasteiger partial charge on any atom is -0.485 e. The highest BCUT2D eigenvalue weighted by Gasteiger charge is 2.40. The molecular formula is C19H26N2O4. The first-order chi connectivity index (χ1) is 12.2. The molecule has 0 unspecified atom stereocenters. The molecule has 0 atom stereocenters. The number of carbonyl (C=O) groups excluding carboxylic acids is 1. The van der Waals surface area contributed by atoms with E-state index < -0.39 is 0 Å². The molecule has 2 fully saturated rings. The largest absolute Gasteiger partial charge is 0.485 e. The van der Waals surface area contributed by atoms with Crippen molar-refractivity contribution in [1.82, 2.24) is 9.80 Å². The Morgan fingerprint density at radius 2 is 1.76 bits per heavy atom. The van der Waals surface area contributed by atoms with E-state index in [1.54, 1.807) is 0 Å². The number of morpholine rings is 1. The highest BCUT2D eigenvalue weighted by Crippen LogP contribution is 2.35. The lowest BCUT2D eigenvalue weighted by atomic mass is 9.93. The monoisotopic (exact) mass is 346 g/mol. The van der Waals surface area contributed by atoms with E-state index in [1.165, 1.54) is 0 Å². The van der Waals surface area contributed by atoms with Gasteiger partial charge in [0.05, 0.1) is 39.5 Å². The molecule has 0 saturated carbocycles. The van der Waals surface area contributed by atoms with Crippen LogP contribution in [0.15, 0.2) is 24.3 Å². The summed E-state index contributed by atoms with van der Waals surface area (Å²) in [6, 6.07) is 8.08. The summed E-state index contributed by atoms with van der Waals surface area (Å²) in [4.78, 5) is 17.2. The van der Waals surface area contributed by atoms with Crippen LogP contribution in [0.25, 0.3) is 0 Å². The van der Waals surface area contributed by atoms with Gasteiger partial charge in [-0.2, -0.15) is 0 Å². The summed E-state index contributed by atoms with van der Waals surface area (Å²) < 4.78 is 17.4. The minimum absolute atomic E-state index is 0.174. The number of carbonyl (C=O) groups is 1. The molecule has 0 radical (unpaired) electrons. The molecule has 1 aromatic carbocycles. The third-order valence-electron chi connectivity index (χ3n) is 5.36. The average molecular weight is 346 g/mol. The number of benzene rings is 1. The number of para-hydroxylation sites is 1. The van der Waals surface area contributed by atoms with Crippen LogP contribution in [0.3, 0.4) is 0 Å². The second kappa shape index (κ2) is 7.32. The van der Waals surface area contributed by atoms with Crippen molar-refractivity contribution in [3.05, 3.63) is 29.8 Å². The Hall–Kier alpha value is -1.63. The average Bonchev–Trinajstić information content (AvgIpc) is 2.80. The van der Waals surface area contributed by atoms with Gasteiger partial charge in [0.25, 0.3) is 0 Å². The Kier molecular flexibility index (Phi) is 4.92. The van der Waals surface area contributed by atoms with Crippen molar-refractivity contribution >= 4 is 5.91 Å². The fourth-order valence-electron chi connectivity index (χ4n) is 3.84. The van der Waals surface area contributed by atoms with Crippen LogP contribution >= 0.6 is 0 Å². The highest BCUT2D eigenvalue weighted by molar-refractivity contribution is 5.78. The summed E-state index contributed by atoms with van der Waals surface area (Å²) in [6.45, 7) is 6.15. The third kappa shape index (κ3) is 3.81. The fraction of sp³-hybridized carbons (Fsp3) is 0.632. The second-order valence-electron chi connectivity index (χ2n) is 7.14. The zero-order valence-corrected chi connectivity index (χ0v) is 14.6. The minimum atomic E-state index is -0.328. The lowest BCUT2D eigenvalue weighted by molar-refractivity contribution is -0.138. The summed E-state index contributed by atoms with van der Waals surface area (Å²) in [5, 5.41) is 0. The first-order valence-corrected chi connectivity index (χ1v) is 9.17. The van der Waals surface area contributed by atoms with Crippen LogP contribution in [0.4, 0.5) is 0 Å². The van der Waals surface area contributed by atoms with E-state index in [9.17, 15) is 4.79 Å². The Bertz CT molecular complexity index is 609. The van der Waals surface area contributed by atoms with Gasteiger partial charge in [-0.25, -0.2) is 0 Å². The van der Waals surface area contributed by atoms with E-state index in [2.05, 4.69) is 11.0 Å². The molecule has 0 bridgehead atoms. The van der Waals surface area contributed by atoms with E-state index in [0.29, 0.717) is 46.1 Å². The van der Waals surface area contributed by atoms with E-state index in [1.807, 2.05) is 23.1 Å². The van der Waals surface area contributed by atoms with Crippen molar-refractivity contribution in [2.45, 2.75) is 25.0 Å². The number of amides is 1. The molecule has 3 heterocycles. The summed E-state index contributed by atoms with van der Waals surface area (Å²) >= 11 is 0. The number of hydrogen-bond acceptors (Lipinski definition) is 5. The molecule has 1 amide bonds. The van der Waals surface area contributed by atoms with Gasteiger partial charge >= 0.3 is 0 Å². The van der Waals surface area contributed by atoms with Crippen molar-refractivity contribution in [3.8, 4) is 5.75 Å². The number of hydrogen-bond donors (Lipinski definition) is 0. The first-order valence-electron chi connectivity index (χ1n) is 9.17. The maximum Gasteiger partial charge on any atom is 0.237 e. The summed E-state index contributed by atoms with van der Waals surface area (Å²) in [6.07, 6.45) is 1.64. The fourth-order valence-corrected chi connectivity index (χ4v) is 3.84. The lowest BCUT2D eigenvalue weighted by Gasteiger charge is -2.39. The molecule has 6 heteroatoms. The van der Waals surface area contributed by atoms with Gasteiger partial charge in [-0.1, -0.05) is 18.2 Å². The molecule has 0 N–H and O–H groups in total. The number of fused-ring (bicyclic) bond motifs is 1. The molecule has 0 aromatic heterocycles. The van der Waals surface area contributed by atoms with E-state index in [0.717, 1.165) is 37.2 Å². The van der Waals surface area contributed by atoms with Gasteiger partial charge in [0.15, 0.2) is 0 Å². The molecule has 4 rings (SSSR count). The van der Waals surface area contributed by atoms with Gasteiger partial charge in [-0.3, -0.25) is 9.69 Å². The molecule has 0 aliphatic carbocycles. The first kappa shape index (κ1) is 16.8. The lowest BCUT2D eigenvalue weighted by Crippen LogP contribution is -2.53. The SMILES string of the molecule is O=C(CN1CCOCC1)N1Cc2ccccc2OC2(CCOCC2)C1. The van der Waals surface area contributed by atoms with E-state index in [-0.39, 0.29) is 11.5 Å². The molecule has 3 aliphatic heterocycles. The van der Waals surface area contributed by atoms with Gasteiger partial charge in [0.2, 0.25) is 5.91 Å². The molecule has 6 nitrogen and oxygen atoms in total. The van der Waals surface area contributed by atoms with Crippen molar-refractivity contribution in [1.29, 1.82) is 0 Å². The Balaban J connectivity index is 1.54. The van der Waals surface area contributed by atoms with Crippen molar-refractivity contribution in [2.75, 3.05) is 52.6 Å². The van der Waals surface area contributed by atoms with Gasteiger partial charge in [-0.05, 0) is 6.07 Å². The summed E-state index contributed by atoms with van der Waals surface area (Å²) in [5.74, 6) is 1.08. The van der Waals surface area contributed by atoms with Crippen molar-refractivity contribution < 1.29 is 19.0 Å². The second-order valence-corrected chi connectivity index (χ2v) is 7.14. The number of nitrogens with zero attached hydrogens (tertiary/aromatic N) is 2. The normalized spacial score (nSPS) is 23.6. The predicted octanol–water partition coefficient (Wildman–Crippen LogP) is 1.29. The van der Waals surface area contributed by atoms with E-state index >= 15 is 0 Å². The van der Waals surface area contributed by atoms with Crippen molar-refractivity contribution in [2.24, 2.45) is 0 Å². The smallest absolute Gasteiger partial charge is 0.237 e. The van der Waals surface area contributed by atoms with Gasteiger partial charge in [-0.15, -0.1) is 0 Å². The standard InChI is InChI=1S/C19H26N2O4/c22-18(14-20-7-11-24-12-8-20)21-13-16-3-1-2-4-17(16)25-19(15-21)5-9-23-10-6-19/h1-4H,5-15H2. The van der Waals surface area contributed by atoms with Gasteiger partial charge in [0.1, 0.15) is 11.4 Å². The number of rotatable bonds is 2. The molecule has 1 spiro atoms. The summed E-state index contributed by atoms with van der Waals surface area (Å²) in [5.41, 5.74) is 0.757. The molecule has 2 saturated heterocycles. The van der Waals surface area contributed by atoms with E-state index in [4.69, 9.17) is 14.2 Å². The van der Waals surface area contributed by atoms with Crippen LogP contribution in [0.1, 0.15) is 18.4 Å². The third-order valence-corrected chi connectivity index (χ3v) is 5.36. The molecule has 1 aromatic rings. The van der Waals surface area contributed by atoms with Crippen LogP contribution in [0.5, 0.6) is 5.75 Å². The predicted molar refractivity (Wildman–Crippen MR) is 92.5 cm³/mol. The Morgan fingerprint density at radius 3 is 2.56 bits per heavy atom. The van der Waals surface area contributed by atoms with Crippen LogP contribution in [-0.4, -0.2) is 73.9 Å². The van der Waals surface area contributed by atoms with Crippen molar-refractivity contribution in [3.63, 3.8) is 0 Å². The molecule has 25 heavy (non-hydrogen) atoms.